The van der Waals surface area contributed by atoms with Crippen LogP contribution in [0.3, 0.4) is 0 Å². The molecule has 2 aliphatic rings. The number of carbonyl (C=O) groups is 1. The van der Waals surface area contributed by atoms with Crippen LogP contribution in [0.5, 0.6) is 0 Å². The van der Waals surface area contributed by atoms with Gasteiger partial charge >= 0.3 is 0 Å². The second-order valence-corrected chi connectivity index (χ2v) is 7.71. The highest BCUT2D eigenvalue weighted by Crippen LogP contribution is 2.41. The quantitative estimate of drug-likeness (QED) is 0.824. The standard InChI is InChI=1S/C21H32N2O.ClH/c1-17-8-3-4-10-19(17)21(12-5-2-6-13-21)20(24)23-15-11-18-9-7-14-22-16-18;/h3-4,8,10,18,22H,2,5-7,9,11-16H2,1H3,(H,23,24);1H. The fourth-order valence-electron chi connectivity index (χ4n) is 4.61. The first-order chi connectivity index (χ1) is 11.7. The molecule has 1 amide bonds. The van der Waals surface area contributed by atoms with Crippen LogP contribution in [0, 0.1) is 12.8 Å². The largest absolute Gasteiger partial charge is 0.355 e. The van der Waals surface area contributed by atoms with E-state index in [1.165, 1.54) is 30.4 Å². The third kappa shape index (κ3) is 4.77. The Balaban J connectivity index is 0.00000225. The zero-order valence-corrected chi connectivity index (χ0v) is 16.3. The average molecular weight is 365 g/mol. The molecular weight excluding hydrogens is 332 g/mol. The Bertz CT molecular complexity index is 549. The Morgan fingerprint density at radius 3 is 2.64 bits per heavy atom. The molecule has 1 unspecified atom stereocenters. The van der Waals surface area contributed by atoms with Crippen molar-refractivity contribution < 1.29 is 4.79 Å². The van der Waals surface area contributed by atoms with E-state index in [2.05, 4.69) is 41.8 Å². The van der Waals surface area contributed by atoms with E-state index in [1.54, 1.807) is 0 Å². The summed E-state index contributed by atoms with van der Waals surface area (Å²) in [5.74, 6) is 0.986. The molecule has 1 aliphatic carbocycles. The number of benzene rings is 1. The number of carbonyl (C=O) groups excluding carboxylic acids is 1. The van der Waals surface area contributed by atoms with Crippen molar-refractivity contribution >= 4 is 18.3 Å². The van der Waals surface area contributed by atoms with Crippen LogP contribution in [-0.2, 0) is 10.2 Å². The van der Waals surface area contributed by atoms with E-state index in [-0.39, 0.29) is 23.7 Å². The van der Waals surface area contributed by atoms with Crippen LogP contribution in [-0.4, -0.2) is 25.5 Å². The highest BCUT2D eigenvalue weighted by atomic mass is 35.5. The lowest BCUT2D eigenvalue weighted by Gasteiger charge is -2.37. The Morgan fingerprint density at radius 2 is 1.96 bits per heavy atom. The second kappa shape index (κ2) is 9.59. The zero-order chi connectivity index (χ0) is 16.8. The van der Waals surface area contributed by atoms with Gasteiger partial charge in [-0.2, -0.15) is 0 Å². The number of hydrogen-bond donors (Lipinski definition) is 2. The first-order valence-electron chi connectivity index (χ1n) is 9.77. The third-order valence-corrected chi connectivity index (χ3v) is 6.04. The molecular formula is C21H33ClN2O. The van der Waals surface area contributed by atoms with Crippen LogP contribution in [0.2, 0.25) is 0 Å². The molecule has 3 nitrogen and oxygen atoms in total. The van der Waals surface area contributed by atoms with Crippen molar-refractivity contribution in [2.45, 2.75) is 63.7 Å². The molecule has 0 aromatic heterocycles. The maximum absolute atomic E-state index is 13.2. The van der Waals surface area contributed by atoms with Crippen molar-refractivity contribution in [2.24, 2.45) is 5.92 Å². The van der Waals surface area contributed by atoms with Crippen LogP contribution in [0.4, 0.5) is 0 Å². The first kappa shape index (κ1) is 20.3. The SMILES string of the molecule is Cc1ccccc1C1(C(=O)NCCC2CCCNC2)CCCCC1.Cl. The van der Waals surface area contributed by atoms with Crippen molar-refractivity contribution in [3.63, 3.8) is 0 Å². The smallest absolute Gasteiger partial charge is 0.230 e. The predicted octanol–water partition coefficient (Wildman–Crippen LogP) is 4.12. The van der Waals surface area contributed by atoms with Gasteiger partial charge in [0.05, 0.1) is 5.41 Å². The number of aryl methyl sites for hydroxylation is 1. The van der Waals surface area contributed by atoms with Gasteiger partial charge < -0.3 is 10.6 Å². The number of hydrogen-bond acceptors (Lipinski definition) is 2. The molecule has 1 atom stereocenters. The van der Waals surface area contributed by atoms with Gasteiger partial charge in [0.25, 0.3) is 0 Å². The van der Waals surface area contributed by atoms with Crippen molar-refractivity contribution in [3.8, 4) is 0 Å². The fourth-order valence-corrected chi connectivity index (χ4v) is 4.61. The molecule has 1 aromatic rings. The van der Waals surface area contributed by atoms with E-state index in [1.807, 2.05) is 0 Å². The molecule has 25 heavy (non-hydrogen) atoms. The Morgan fingerprint density at radius 1 is 1.20 bits per heavy atom. The first-order valence-corrected chi connectivity index (χ1v) is 9.77. The minimum Gasteiger partial charge on any atom is -0.355 e. The summed E-state index contributed by atoms with van der Waals surface area (Å²) in [6, 6.07) is 8.47. The normalized spacial score (nSPS) is 22.7. The molecule has 1 saturated carbocycles. The highest BCUT2D eigenvalue weighted by molar-refractivity contribution is 5.88. The maximum Gasteiger partial charge on any atom is 0.230 e. The number of nitrogens with one attached hydrogen (secondary N) is 2. The van der Waals surface area contributed by atoms with Crippen LogP contribution >= 0.6 is 12.4 Å². The molecule has 1 saturated heterocycles. The molecule has 1 aromatic carbocycles. The average Bonchev–Trinajstić information content (AvgIpc) is 2.63. The highest BCUT2D eigenvalue weighted by Gasteiger charge is 2.41. The molecule has 0 bridgehead atoms. The van der Waals surface area contributed by atoms with Gasteiger partial charge in [-0.1, -0.05) is 43.5 Å². The van der Waals surface area contributed by atoms with Crippen molar-refractivity contribution in [1.82, 2.24) is 10.6 Å². The van der Waals surface area contributed by atoms with Gasteiger partial charge in [-0.25, -0.2) is 0 Å². The van der Waals surface area contributed by atoms with Gasteiger partial charge in [-0.3, -0.25) is 4.79 Å². The lowest BCUT2D eigenvalue weighted by atomic mass is 9.67. The van der Waals surface area contributed by atoms with Crippen molar-refractivity contribution in [2.75, 3.05) is 19.6 Å². The van der Waals surface area contributed by atoms with Crippen LogP contribution in [0.1, 0.15) is 62.5 Å². The number of rotatable bonds is 5. The van der Waals surface area contributed by atoms with Gasteiger partial charge in [0, 0.05) is 6.54 Å². The lowest BCUT2D eigenvalue weighted by Crippen LogP contribution is -2.47. The van der Waals surface area contributed by atoms with Crippen LogP contribution in [0.15, 0.2) is 24.3 Å². The summed E-state index contributed by atoms with van der Waals surface area (Å²) in [5, 5.41) is 6.76. The minimum absolute atomic E-state index is 0. The second-order valence-electron chi connectivity index (χ2n) is 7.71. The fraction of sp³-hybridized carbons (Fsp3) is 0.667. The Kier molecular flexibility index (Phi) is 7.77. The summed E-state index contributed by atoms with van der Waals surface area (Å²) in [6.07, 6.45) is 9.24. The van der Waals surface area contributed by atoms with E-state index in [0.29, 0.717) is 0 Å². The molecule has 2 N–H and O–H groups in total. The number of piperidine rings is 1. The molecule has 1 heterocycles. The molecule has 4 heteroatoms. The summed E-state index contributed by atoms with van der Waals surface area (Å²) in [6.45, 7) is 5.23. The van der Waals surface area contributed by atoms with E-state index >= 15 is 0 Å². The van der Waals surface area contributed by atoms with Gasteiger partial charge in [0.15, 0.2) is 0 Å². The van der Waals surface area contributed by atoms with E-state index in [9.17, 15) is 4.79 Å². The van der Waals surface area contributed by atoms with Crippen LogP contribution < -0.4 is 10.6 Å². The number of halogens is 1. The molecule has 140 valence electrons. The monoisotopic (exact) mass is 364 g/mol. The summed E-state index contributed by atoms with van der Waals surface area (Å²) < 4.78 is 0. The molecule has 2 fully saturated rings. The van der Waals surface area contributed by atoms with Gasteiger partial charge in [-0.05, 0) is 69.2 Å². The maximum atomic E-state index is 13.2. The predicted molar refractivity (Wildman–Crippen MR) is 106 cm³/mol. The van der Waals surface area contributed by atoms with Crippen LogP contribution in [0.25, 0.3) is 0 Å². The van der Waals surface area contributed by atoms with Crippen molar-refractivity contribution in [1.29, 1.82) is 0 Å². The van der Waals surface area contributed by atoms with Crippen molar-refractivity contribution in [3.05, 3.63) is 35.4 Å². The summed E-state index contributed by atoms with van der Waals surface area (Å²) in [5.41, 5.74) is 2.21. The minimum atomic E-state index is -0.297. The summed E-state index contributed by atoms with van der Waals surface area (Å²) in [4.78, 5) is 13.2. The molecule has 3 rings (SSSR count). The Labute approximate surface area is 158 Å². The van der Waals surface area contributed by atoms with E-state index < -0.39 is 0 Å². The molecule has 0 radical (unpaired) electrons. The third-order valence-electron chi connectivity index (χ3n) is 6.04. The molecule has 0 spiro atoms. The number of amides is 1. The zero-order valence-electron chi connectivity index (χ0n) is 15.5. The lowest BCUT2D eigenvalue weighted by molar-refractivity contribution is -0.128. The van der Waals surface area contributed by atoms with E-state index in [0.717, 1.165) is 57.7 Å². The molecule has 1 aliphatic heterocycles. The van der Waals surface area contributed by atoms with Gasteiger partial charge in [-0.15, -0.1) is 12.4 Å². The Hall–Kier alpha value is -1.06. The van der Waals surface area contributed by atoms with E-state index in [4.69, 9.17) is 0 Å². The van der Waals surface area contributed by atoms with Gasteiger partial charge in [0.1, 0.15) is 0 Å². The summed E-state index contributed by atoms with van der Waals surface area (Å²) in [7, 11) is 0. The van der Waals surface area contributed by atoms with Gasteiger partial charge in [0.2, 0.25) is 5.91 Å². The summed E-state index contributed by atoms with van der Waals surface area (Å²) >= 11 is 0. The topological polar surface area (TPSA) is 41.1 Å².